The lowest BCUT2D eigenvalue weighted by atomic mass is 9.96. The molecule has 114 valence electrons. The summed E-state index contributed by atoms with van der Waals surface area (Å²) >= 11 is 0. The molecule has 0 atom stereocenters. The van der Waals surface area contributed by atoms with Gasteiger partial charge < -0.3 is 4.74 Å². The van der Waals surface area contributed by atoms with Crippen LogP contribution in [0.5, 0.6) is 5.75 Å². The molecule has 3 nitrogen and oxygen atoms in total. The molecule has 3 aromatic rings. The van der Waals surface area contributed by atoms with Gasteiger partial charge >= 0.3 is 0 Å². The third kappa shape index (κ3) is 2.34. The smallest absolute Gasteiger partial charge is 0.147 e. The second-order valence-electron chi connectivity index (χ2n) is 5.54. The van der Waals surface area contributed by atoms with E-state index in [1.165, 1.54) is 19.4 Å². The van der Waals surface area contributed by atoms with E-state index in [1.807, 2.05) is 19.9 Å². The highest BCUT2D eigenvalue weighted by Crippen LogP contribution is 2.34. The Morgan fingerprint density at radius 2 is 2.09 bits per heavy atom. The molecule has 0 aliphatic heterocycles. The number of hydrogen-bond acceptors (Lipinski definition) is 2. The molecule has 0 saturated carbocycles. The highest BCUT2D eigenvalue weighted by molar-refractivity contribution is 5.97. The van der Waals surface area contributed by atoms with Crippen molar-refractivity contribution < 1.29 is 13.2 Å². The van der Waals surface area contributed by atoms with Gasteiger partial charge in [0.15, 0.2) is 0 Å². The lowest BCUT2D eigenvalue weighted by molar-refractivity contribution is 0.418. The van der Waals surface area contributed by atoms with E-state index < -0.39 is 6.98 Å². The third-order valence-electron chi connectivity index (χ3n) is 3.79. The number of halogens is 1. The molecular formula is C18H19FN2O. The van der Waals surface area contributed by atoms with Crippen LogP contribution in [0.15, 0.2) is 36.5 Å². The topological polar surface area (TPSA) is 27.1 Å². The number of hydrogen-bond donors (Lipinski definition) is 0. The number of benzene rings is 2. The number of ether oxygens (including phenoxy) is 1. The maximum atomic E-state index is 14.4. The standard InChI is InChI=1S/C18H19FN2O/c1-11(2)13-6-5-12(9-16(13)19)14-7-8-17(22-4)18-15(14)10-21(3)20-18/h5-11H,1-4H3/i3D3. The van der Waals surface area contributed by atoms with Gasteiger partial charge in [-0.1, -0.05) is 26.0 Å². The van der Waals surface area contributed by atoms with Crippen LogP contribution in [-0.4, -0.2) is 16.9 Å². The van der Waals surface area contributed by atoms with Crippen LogP contribution in [0.1, 0.15) is 29.4 Å². The predicted octanol–water partition coefficient (Wildman–Crippen LogP) is 4.51. The summed E-state index contributed by atoms with van der Waals surface area (Å²) in [5.41, 5.74) is 2.45. The van der Waals surface area contributed by atoms with Crippen molar-refractivity contribution in [2.45, 2.75) is 19.8 Å². The zero-order chi connectivity index (χ0) is 18.4. The summed E-state index contributed by atoms with van der Waals surface area (Å²) in [5, 5.41) is 4.75. The fourth-order valence-electron chi connectivity index (χ4n) is 2.66. The molecule has 0 bridgehead atoms. The number of aromatic nitrogens is 2. The summed E-state index contributed by atoms with van der Waals surface area (Å²) < 4.78 is 43.3. The minimum atomic E-state index is -2.39. The SMILES string of the molecule is [2H]C([2H])([2H])n1cc2c(-c3ccc(C(C)C)c(F)c3)ccc(OC)c2n1. The number of fused-ring (bicyclic) bond motifs is 1. The van der Waals surface area contributed by atoms with E-state index in [2.05, 4.69) is 5.10 Å². The van der Waals surface area contributed by atoms with Gasteiger partial charge in [0, 0.05) is 22.7 Å². The second-order valence-corrected chi connectivity index (χ2v) is 5.54. The summed E-state index contributed by atoms with van der Waals surface area (Å²) in [5.74, 6) is 0.281. The van der Waals surface area contributed by atoms with Crippen molar-refractivity contribution in [3.05, 3.63) is 47.9 Å². The zero-order valence-electron chi connectivity index (χ0n) is 15.7. The second kappa shape index (κ2) is 5.44. The molecule has 0 aliphatic carbocycles. The number of aryl methyl sites for hydroxylation is 1. The Morgan fingerprint density at radius 3 is 2.73 bits per heavy atom. The van der Waals surface area contributed by atoms with E-state index in [4.69, 9.17) is 8.85 Å². The molecule has 1 heterocycles. The molecule has 3 rings (SSSR count). The first kappa shape index (κ1) is 11.2. The van der Waals surface area contributed by atoms with Crippen LogP contribution in [0, 0.1) is 5.82 Å². The monoisotopic (exact) mass is 301 g/mol. The van der Waals surface area contributed by atoms with E-state index in [0.29, 0.717) is 33.3 Å². The Kier molecular flexibility index (Phi) is 2.78. The van der Waals surface area contributed by atoms with Gasteiger partial charge in [0.1, 0.15) is 17.1 Å². The summed E-state index contributed by atoms with van der Waals surface area (Å²) in [4.78, 5) is 0. The van der Waals surface area contributed by atoms with Crippen molar-refractivity contribution in [1.29, 1.82) is 0 Å². The number of methoxy groups -OCH3 is 1. The summed E-state index contributed by atoms with van der Waals surface area (Å²) in [6.45, 7) is 1.47. The Morgan fingerprint density at radius 1 is 1.27 bits per heavy atom. The first-order valence-electron chi connectivity index (χ1n) is 8.59. The fraction of sp³-hybridized carbons (Fsp3) is 0.278. The fourth-order valence-corrected chi connectivity index (χ4v) is 2.66. The van der Waals surface area contributed by atoms with Crippen LogP contribution in [0.3, 0.4) is 0 Å². The summed E-state index contributed by atoms with van der Waals surface area (Å²) in [7, 11) is 1.50. The van der Waals surface area contributed by atoms with Gasteiger partial charge in [-0.05, 0) is 40.8 Å². The lowest BCUT2D eigenvalue weighted by Gasteiger charge is -2.10. The molecule has 0 unspecified atom stereocenters. The minimum absolute atomic E-state index is 0.0863. The maximum absolute atomic E-state index is 14.4. The molecule has 2 aromatic carbocycles. The van der Waals surface area contributed by atoms with E-state index in [9.17, 15) is 4.39 Å². The Balaban J connectivity index is 2.23. The Labute approximate surface area is 133 Å². The van der Waals surface area contributed by atoms with Gasteiger partial charge in [-0.2, -0.15) is 5.10 Å². The maximum Gasteiger partial charge on any atom is 0.147 e. The van der Waals surface area contributed by atoms with Gasteiger partial charge in [-0.15, -0.1) is 0 Å². The van der Waals surface area contributed by atoms with Crippen molar-refractivity contribution in [2.24, 2.45) is 6.98 Å². The van der Waals surface area contributed by atoms with Crippen molar-refractivity contribution >= 4 is 10.9 Å². The molecule has 0 spiro atoms. The Hall–Kier alpha value is -2.36. The molecule has 0 amide bonds. The number of rotatable bonds is 3. The molecule has 0 saturated heterocycles. The van der Waals surface area contributed by atoms with Gasteiger partial charge in [0.2, 0.25) is 0 Å². The predicted molar refractivity (Wildman–Crippen MR) is 86.7 cm³/mol. The van der Waals surface area contributed by atoms with Crippen LogP contribution < -0.4 is 4.74 Å². The van der Waals surface area contributed by atoms with Gasteiger partial charge in [0.25, 0.3) is 0 Å². The van der Waals surface area contributed by atoms with Gasteiger partial charge in [0.05, 0.1) is 7.11 Å². The highest BCUT2D eigenvalue weighted by Gasteiger charge is 2.14. The molecule has 0 aliphatic rings. The molecule has 0 radical (unpaired) electrons. The number of nitrogens with zero attached hydrogens (tertiary/aromatic N) is 2. The highest BCUT2D eigenvalue weighted by atomic mass is 19.1. The zero-order valence-corrected chi connectivity index (χ0v) is 12.7. The van der Waals surface area contributed by atoms with Crippen molar-refractivity contribution in [2.75, 3.05) is 7.11 Å². The van der Waals surface area contributed by atoms with E-state index >= 15 is 0 Å². The van der Waals surface area contributed by atoms with Crippen LogP contribution in [0.2, 0.25) is 0 Å². The third-order valence-corrected chi connectivity index (χ3v) is 3.79. The van der Waals surface area contributed by atoms with E-state index in [-0.39, 0.29) is 11.7 Å². The van der Waals surface area contributed by atoms with Crippen molar-refractivity contribution in [1.82, 2.24) is 9.78 Å². The van der Waals surface area contributed by atoms with E-state index in [0.717, 1.165) is 4.68 Å². The van der Waals surface area contributed by atoms with Crippen LogP contribution in [0.25, 0.3) is 22.0 Å². The molecule has 1 aromatic heterocycles. The molecule has 0 N–H and O–H groups in total. The first-order chi connectivity index (χ1) is 11.7. The van der Waals surface area contributed by atoms with Crippen LogP contribution in [-0.2, 0) is 6.98 Å². The molecule has 4 heteroatoms. The van der Waals surface area contributed by atoms with Crippen LogP contribution >= 0.6 is 0 Å². The first-order valence-corrected chi connectivity index (χ1v) is 7.09. The average Bonchev–Trinajstić information content (AvgIpc) is 2.98. The summed E-state index contributed by atoms with van der Waals surface area (Å²) in [6, 6.07) is 8.58. The largest absolute Gasteiger partial charge is 0.494 e. The molecule has 0 fully saturated rings. The van der Waals surface area contributed by atoms with Gasteiger partial charge in [-0.3, -0.25) is 4.68 Å². The molecule has 22 heavy (non-hydrogen) atoms. The quantitative estimate of drug-likeness (QED) is 0.711. The van der Waals surface area contributed by atoms with Crippen molar-refractivity contribution in [3.8, 4) is 16.9 Å². The molecular weight excluding hydrogens is 279 g/mol. The van der Waals surface area contributed by atoms with Crippen molar-refractivity contribution in [3.63, 3.8) is 0 Å². The minimum Gasteiger partial charge on any atom is -0.494 e. The normalized spacial score (nSPS) is 14.0. The average molecular weight is 301 g/mol. The van der Waals surface area contributed by atoms with Gasteiger partial charge in [-0.25, -0.2) is 4.39 Å². The van der Waals surface area contributed by atoms with Crippen LogP contribution in [0.4, 0.5) is 4.39 Å². The summed E-state index contributed by atoms with van der Waals surface area (Å²) in [6.07, 6.45) is 1.45. The lowest BCUT2D eigenvalue weighted by Crippen LogP contribution is -1.93. The Bertz CT molecular complexity index is 932. The van der Waals surface area contributed by atoms with E-state index in [1.54, 1.807) is 18.2 Å².